The van der Waals surface area contributed by atoms with Crippen LogP contribution in [-0.4, -0.2) is 43.3 Å². The molecule has 9 nitrogen and oxygen atoms in total. The summed E-state index contributed by atoms with van der Waals surface area (Å²) in [5, 5.41) is 8.91. The monoisotopic (exact) mass is 482 g/mol. The molecule has 0 unspecified atom stereocenters. The van der Waals surface area contributed by atoms with Gasteiger partial charge in [0.05, 0.1) is 34.7 Å². The highest BCUT2D eigenvalue weighted by molar-refractivity contribution is 7.99. The van der Waals surface area contributed by atoms with Gasteiger partial charge in [0.1, 0.15) is 0 Å². The van der Waals surface area contributed by atoms with Crippen molar-refractivity contribution < 1.29 is 17.9 Å². The fourth-order valence-corrected chi connectivity index (χ4v) is 4.29. The largest absolute Gasteiger partial charge is 0.383 e. The summed E-state index contributed by atoms with van der Waals surface area (Å²) < 4.78 is 29.5. The molecule has 12 heteroatoms. The number of fused-ring (bicyclic) bond motifs is 1. The number of hydrogen-bond donors (Lipinski definition) is 2. The zero-order valence-electron chi connectivity index (χ0n) is 16.4. The molecule has 0 saturated carbocycles. The molecule has 0 fully saturated rings. The van der Waals surface area contributed by atoms with Gasteiger partial charge in [-0.25, -0.2) is 18.5 Å². The minimum atomic E-state index is -3.89. The van der Waals surface area contributed by atoms with Crippen LogP contribution in [0.5, 0.6) is 0 Å². The molecule has 0 radical (unpaired) electrons. The van der Waals surface area contributed by atoms with Gasteiger partial charge in [0.2, 0.25) is 15.9 Å². The number of amides is 1. The fourth-order valence-electron chi connectivity index (χ4n) is 2.74. The minimum absolute atomic E-state index is 0.0644. The first-order valence-electron chi connectivity index (χ1n) is 8.93. The van der Waals surface area contributed by atoms with Crippen molar-refractivity contribution in [2.24, 2.45) is 5.14 Å². The van der Waals surface area contributed by atoms with Gasteiger partial charge in [0, 0.05) is 17.8 Å². The number of nitrogens with zero attached hydrogens (tertiary/aromatic N) is 2. The minimum Gasteiger partial charge on any atom is -0.383 e. The van der Waals surface area contributed by atoms with Crippen LogP contribution in [0, 0.1) is 0 Å². The summed E-state index contributed by atoms with van der Waals surface area (Å²) in [6.07, 6.45) is 0. The van der Waals surface area contributed by atoms with Crippen molar-refractivity contribution in [1.29, 1.82) is 0 Å². The van der Waals surface area contributed by atoms with Crippen LogP contribution in [0.1, 0.15) is 0 Å². The Hall–Kier alpha value is -2.44. The fraction of sp³-hybridized carbons (Fsp3) is 0.211. The van der Waals surface area contributed by atoms with Crippen LogP contribution >= 0.6 is 23.4 Å². The first-order chi connectivity index (χ1) is 14.7. The van der Waals surface area contributed by atoms with Gasteiger partial charge < -0.3 is 10.1 Å². The van der Waals surface area contributed by atoms with E-state index >= 15 is 0 Å². The lowest BCUT2D eigenvalue weighted by Crippen LogP contribution is -2.26. The number of methoxy groups -OCH3 is 1. The summed E-state index contributed by atoms with van der Waals surface area (Å²) in [4.78, 5) is 29.7. The lowest BCUT2D eigenvalue weighted by atomic mass is 10.2. The van der Waals surface area contributed by atoms with E-state index in [1.165, 1.54) is 29.9 Å². The van der Waals surface area contributed by atoms with Gasteiger partial charge in [-0.15, -0.1) is 0 Å². The summed E-state index contributed by atoms with van der Waals surface area (Å²) in [5.41, 5.74) is 0.449. The third kappa shape index (κ3) is 5.83. The number of carbonyl (C=O) groups is 1. The van der Waals surface area contributed by atoms with Gasteiger partial charge in [0.15, 0.2) is 5.16 Å². The van der Waals surface area contributed by atoms with Gasteiger partial charge >= 0.3 is 0 Å². The van der Waals surface area contributed by atoms with Gasteiger partial charge in [-0.05, 0) is 36.4 Å². The Bertz CT molecular complexity index is 1290. The van der Waals surface area contributed by atoms with Crippen LogP contribution in [0.3, 0.4) is 0 Å². The number of primary sulfonamides is 1. The molecule has 3 aromatic rings. The topological polar surface area (TPSA) is 133 Å². The first-order valence-corrected chi connectivity index (χ1v) is 11.8. The maximum atomic E-state index is 12.9. The van der Waals surface area contributed by atoms with E-state index in [2.05, 4.69) is 10.3 Å². The lowest BCUT2D eigenvalue weighted by molar-refractivity contribution is -0.113. The van der Waals surface area contributed by atoms with Crippen LogP contribution in [-0.2, 0) is 26.1 Å². The second kappa shape index (κ2) is 9.79. The predicted octanol–water partition coefficient (Wildman–Crippen LogP) is 2.07. The van der Waals surface area contributed by atoms with E-state index in [1.54, 1.807) is 24.3 Å². The highest BCUT2D eigenvalue weighted by Crippen LogP contribution is 2.21. The molecule has 0 aliphatic rings. The summed E-state index contributed by atoms with van der Waals surface area (Å²) in [7, 11) is -2.36. The molecule has 164 valence electrons. The number of thioether (sulfide) groups is 1. The van der Waals surface area contributed by atoms with E-state index in [-0.39, 0.29) is 28.4 Å². The average molecular weight is 483 g/mol. The van der Waals surface area contributed by atoms with Crippen molar-refractivity contribution in [3.63, 3.8) is 0 Å². The van der Waals surface area contributed by atoms with Crippen LogP contribution in [0.2, 0.25) is 5.02 Å². The third-order valence-electron chi connectivity index (χ3n) is 4.18. The molecule has 0 saturated heterocycles. The number of anilines is 1. The van der Waals surface area contributed by atoms with Crippen molar-refractivity contribution in [1.82, 2.24) is 9.55 Å². The predicted molar refractivity (Wildman–Crippen MR) is 120 cm³/mol. The van der Waals surface area contributed by atoms with E-state index in [4.69, 9.17) is 21.5 Å². The Morgan fingerprint density at radius 1 is 1.29 bits per heavy atom. The van der Waals surface area contributed by atoms with E-state index in [9.17, 15) is 18.0 Å². The number of aromatic nitrogens is 2. The second-order valence-electron chi connectivity index (χ2n) is 6.42. The number of benzene rings is 2. The molecular weight excluding hydrogens is 464 g/mol. The van der Waals surface area contributed by atoms with Crippen LogP contribution < -0.4 is 16.0 Å². The maximum absolute atomic E-state index is 12.9. The van der Waals surface area contributed by atoms with E-state index in [0.717, 1.165) is 11.8 Å². The Labute approximate surface area is 187 Å². The molecule has 3 N–H and O–H groups in total. The Balaban J connectivity index is 1.82. The standard InChI is InChI=1S/C19H19ClN4O5S2/c1-29-8-7-24-18(26)15-6-5-12(20)9-16(15)23-19(24)30-11-17(25)22-13-3-2-4-14(10-13)31(21,27)28/h2-6,9-10H,7-8,11H2,1H3,(H,22,25)(H2,21,27,28). The first kappa shape index (κ1) is 23.2. The number of rotatable bonds is 8. The Kier molecular flexibility index (Phi) is 7.34. The third-order valence-corrected chi connectivity index (χ3v) is 6.30. The highest BCUT2D eigenvalue weighted by Gasteiger charge is 2.15. The van der Waals surface area contributed by atoms with E-state index in [0.29, 0.717) is 27.7 Å². The number of nitrogens with two attached hydrogens (primary N) is 1. The summed E-state index contributed by atoms with van der Waals surface area (Å²) in [6, 6.07) is 10.4. The van der Waals surface area contributed by atoms with Gasteiger partial charge in [0.25, 0.3) is 5.56 Å². The number of carbonyl (C=O) groups excluding carboxylic acids is 1. The number of halogens is 1. The average Bonchev–Trinajstić information content (AvgIpc) is 2.71. The molecule has 1 aromatic heterocycles. The maximum Gasteiger partial charge on any atom is 0.262 e. The normalized spacial score (nSPS) is 11.6. The lowest BCUT2D eigenvalue weighted by Gasteiger charge is -2.13. The quantitative estimate of drug-likeness (QED) is 0.371. The molecule has 1 heterocycles. The summed E-state index contributed by atoms with van der Waals surface area (Å²) in [6.45, 7) is 0.558. The highest BCUT2D eigenvalue weighted by atomic mass is 35.5. The van der Waals surface area contributed by atoms with E-state index in [1.807, 2.05) is 0 Å². The van der Waals surface area contributed by atoms with Gasteiger partial charge in [-0.2, -0.15) is 0 Å². The molecule has 0 aliphatic carbocycles. The Morgan fingerprint density at radius 3 is 2.77 bits per heavy atom. The molecule has 31 heavy (non-hydrogen) atoms. The summed E-state index contributed by atoms with van der Waals surface area (Å²) in [5.74, 6) is -0.472. The number of nitrogens with one attached hydrogen (secondary N) is 1. The molecule has 0 bridgehead atoms. The number of sulfonamides is 1. The van der Waals surface area contributed by atoms with Crippen molar-refractivity contribution >= 4 is 55.9 Å². The van der Waals surface area contributed by atoms with E-state index < -0.39 is 15.9 Å². The Morgan fingerprint density at radius 2 is 2.06 bits per heavy atom. The summed E-state index contributed by atoms with van der Waals surface area (Å²) >= 11 is 7.09. The molecule has 3 rings (SSSR count). The molecule has 0 aliphatic heterocycles. The second-order valence-corrected chi connectivity index (χ2v) is 9.36. The van der Waals surface area contributed by atoms with Crippen LogP contribution in [0.25, 0.3) is 10.9 Å². The SMILES string of the molecule is COCCn1c(SCC(=O)Nc2cccc(S(N)(=O)=O)c2)nc2cc(Cl)ccc2c1=O. The van der Waals surface area contributed by atoms with Crippen LogP contribution in [0.4, 0.5) is 5.69 Å². The zero-order chi connectivity index (χ0) is 22.6. The smallest absolute Gasteiger partial charge is 0.262 e. The molecular formula is C19H19ClN4O5S2. The van der Waals surface area contributed by atoms with Crippen molar-refractivity contribution in [2.45, 2.75) is 16.6 Å². The van der Waals surface area contributed by atoms with Crippen molar-refractivity contribution in [3.05, 3.63) is 57.8 Å². The molecule has 1 amide bonds. The zero-order valence-corrected chi connectivity index (χ0v) is 18.8. The molecule has 0 spiro atoms. The number of ether oxygens (including phenoxy) is 1. The molecule has 0 atom stereocenters. The van der Waals surface area contributed by atoms with Crippen LogP contribution in [0.15, 0.2) is 57.3 Å². The number of hydrogen-bond acceptors (Lipinski definition) is 7. The van der Waals surface area contributed by atoms with Gasteiger partial charge in [-0.3, -0.25) is 14.2 Å². The van der Waals surface area contributed by atoms with Gasteiger partial charge in [-0.1, -0.05) is 29.4 Å². The van der Waals surface area contributed by atoms with Crippen molar-refractivity contribution in [2.75, 3.05) is 24.8 Å². The molecule has 2 aromatic carbocycles. The van der Waals surface area contributed by atoms with Crippen molar-refractivity contribution in [3.8, 4) is 0 Å².